The molecule has 0 fully saturated rings. The van der Waals surface area contributed by atoms with Crippen LogP contribution in [0.4, 0.5) is 4.79 Å². The fourth-order valence-electron chi connectivity index (χ4n) is 0. The van der Waals surface area contributed by atoms with Crippen molar-refractivity contribution in [3.8, 4) is 6.07 Å². The van der Waals surface area contributed by atoms with Crippen LogP contribution in [0, 0.1) is 11.3 Å². The summed E-state index contributed by atoms with van der Waals surface area (Å²) in [6.07, 6.45) is 0. The van der Waals surface area contributed by atoms with Gasteiger partial charge in [-0.05, 0) is 0 Å². The second kappa shape index (κ2) is 8.83. The van der Waals surface area contributed by atoms with Gasteiger partial charge in [0, 0.05) is 6.92 Å². The molecule has 0 aliphatic carbocycles. The molecule has 0 aromatic rings. The van der Waals surface area contributed by atoms with Crippen molar-refractivity contribution in [1.82, 2.24) is 0 Å². The van der Waals surface area contributed by atoms with Crippen molar-refractivity contribution in [1.29, 1.82) is 5.26 Å². The first kappa shape index (κ1) is 9.23. The van der Waals surface area contributed by atoms with E-state index in [-0.39, 0.29) is 0 Å². The predicted octanol–water partition coefficient (Wildman–Crippen LogP) is -0.446. The van der Waals surface area contributed by atoms with E-state index in [0.717, 1.165) is 0 Å². The Morgan fingerprint density at radius 1 is 1.71 bits per heavy atom. The molecule has 4 heteroatoms. The van der Waals surface area contributed by atoms with Gasteiger partial charge in [-0.25, -0.2) is 4.79 Å². The van der Waals surface area contributed by atoms with Crippen molar-refractivity contribution in [3.63, 3.8) is 0 Å². The SMILES string of the molecule is CC#N.NC(N)=O. The summed E-state index contributed by atoms with van der Waals surface area (Å²) in [5, 5.41) is 7.32. The van der Waals surface area contributed by atoms with E-state index in [9.17, 15) is 0 Å². The highest BCUT2D eigenvalue weighted by molar-refractivity contribution is 5.69. The van der Waals surface area contributed by atoms with Gasteiger partial charge >= 0.3 is 6.03 Å². The molecule has 0 bridgehead atoms. The molecule has 0 aliphatic rings. The number of nitrogens with zero attached hydrogens (tertiary/aromatic N) is 1. The van der Waals surface area contributed by atoms with E-state index >= 15 is 0 Å². The van der Waals surface area contributed by atoms with Gasteiger partial charge in [0.15, 0.2) is 0 Å². The van der Waals surface area contributed by atoms with E-state index in [1.165, 1.54) is 6.92 Å². The molecule has 2 amide bonds. The molecule has 4 nitrogen and oxygen atoms in total. The van der Waals surface area contributed by atoms with E-state index in [0.29, 0.717) is 0 Å². The maximum absolute atomic E-state index is 9.00. The fraction of sp³-hybridized carbons (Fsp3) is 0.333. The Hall–Kier alpha value is -1.24. The molecule has 0 spiro atoms. The zero-order valence-corrected chi connectivity index (χ0v) is 4.01. The maximum Gasteiger partial charge on any atom is 0.309 e. The minimum absolute atomic E-state index is 0.833. The summed E-state index contributed by atoms with van der Waals surface area (Å²) in [5.41, 5.74) is 8.50. The first-order valence-corrected chi connectivity index (χ1v) is 1.51. The third kappa shape index (κ3) is 23.6. The summed E-state index contributed by atoms with van der Waals surface area (Å²) >= 11 is 0. The summed E-state index contributed by atoms with van der Waals surface area (Å²) in [7, 11) is 0. The zero-order valence-electron chi connectivity index (χ0n) is 4.01. The van der Waals surface area contributed by atoms with Crippen LogP contribution in [0.25, 0.3) is 0 Å². The highest BCUT2D eigenvalue weighted by atomic mass is 16.2. The van der Waals surface area contributed by atoms with Gasteiger partial charge in [-0.3, -0.25) is 0 Å². The van der Waals surface area contributed by atoms with Gasteiger partial charge in [0.1, 0.15) is 0 Å². The number of amides is 2. The zero-order chi connectivity index (χ0) is 6.28. The Morgan fingerprint density at radius 3 is 1.71 bits per heavy atom. The van der Waals surface area contributed by atoms with Crippen molar-refractivity contribution in [3.05, 3.63) is 0 Å². The summed E-state index contributed by atoms with van der Waals surface area (Å²) in [5.74, 6) is 0. The first-order valence-electron chi connectivity index (χ1n) is 1.51. The Labute approximate surface area is 41.7 Å². The van der Waals surface area contributed by atoms with E-state index < -0.39 is 6.03 Å². The molecule has 0 aromatic heterocycles. The molecule has 40 valence electrons. The number of nitriles is 1. The third-order valence-corrected chi connectivity index (χ3v) is 0. The average Bonchev–Trinajstić information content (AvgIpc) is 1.33. The molecule has 0 aromatic carbocycles. The lowest BCUT2D eigenvalue weighted by molar-refractivity contribution is 0.256. The molecule has 0 saturated heterocycles. The highest BCUT2D eigenvalue weighted by Gasteiger charge is 1.60. The Kier molecular flexibility index (Phi) is 11.7. The molecule has 0 heterocycles. The van der Waals surface area contributed by atoms with Crippen molar-refractivity contribution < 1.29 is 4.79 Å². The summed E-state index contributed by atoms with van der Waals surface area (Å²) in [6, 6.07) is 0.917. The van der Waals surface area contributed by atoms with Crippen LogP contribution in [0.5, 0.6) is 0 Å². The minimum atomic E-state index is -0.833. The average molecular weight is 101 g/mol. The van der Waals surface area contributed by atoms with Crippen LogP contribution in [0.15, 0.2) is 0 Å². The molecule has 0 atom stereocenters. The van der Waals surface area contributed by atoms with E-state index in [2.05, 4.69) is 11.5 Å². The van der Waals surface area contributed by atoms with Crippen LogP contribution in [-0.2, 0) is 0 Å². The predicted molar refractivity (Wildman–Crippen MR) is 25.1 cm³/mol. The van der Waals surface area contributed by atoms with Crippen LogP contribution < -0.4 is 11.5 Å². The lowest BCUT2D eigenvalue weighted by atomic mass is 11.0. The van der Waals surface area contributed by atoms with Crippen LogP contribution in [0.1, 0.15) is 6.92 Å². The largest absolute Gasteiger partial charge is 0.352 e. The van der Waals surface area contributed by atoms with E-state index in [1.54, 1.807) is 6.07 Å². The fourth-order valence-corrected chi connectivity index (χ4v) is 0. The molecular weight excluding hydrogens is 94.1 g/mol. The maximum atomic E-state index is 9.00. The Bertz CT molecular complexity index is 78.7. The van der Waals surface area contributed by atoms with E-state index in [4.69, 9.17) is 10.1 Å². The van der Waals surface area contributed by atoms with Crippen LogP contribution in [-0.4, -0.2) is 6.03 Å². The first-order chi connectivity index (χ1) is 3.15. The molecular formula is C3H7N3O. The number of carbonyl (C=O) groups excluding carboxylic acids is 1. The van der Waals surface area contributed by atoms with Crippen molar-refractivity contribution in [2.24, 2.45) is 11.5 Å². The van der Waals surface area contributed by atoms with Crippen LogP contribution >= 0.6 is 0 Å². The topological polar surface area (TPSA) is 92.9 Å². The number of hydrogen-bond donors (Lipinski definition) is 2. The normalized spacial score (nSPS) is 4.57. The van der Waals surface area contributed by atoms with Crippen LogP contribution in [0.3, 0.4) is 0 Å². The molecule has 4 N–H and O–H groups in total. The van der Waals surface area contributed by atoms with Gasteiger partial charge in [-0.15, -0.1) is 0 Å². The van der Waals surface area contributed by atoms with E-state index in [1.807, 2.05) is 0 Å². The van der Waals surface area contributed by atoms with Crippen LogP contribution in [0.2, 0.25) is 0 Å². The third-order valence-electron chi connectivity index (χ3n) is 0. The Balaban J connectivity index is 0. The van der Waals surface area contributed by atoms with Crippen molar-refractivity contribution in [2.45, 2.75) is 6.92 Å². The monoisotopic (exact) mass is 101 g/mol. The quantitative estimate of drug-likeness (QED) is 0.432. The number of hydrogen-bond acceptors (Lipinski definition) is 2. The lowest BCUT2D eigenvalue weighted by Crippen LogP contribution is -2.18. The molecule has 0 rings (SSSR count). The second-order valence-electron chi connectivity index (χ2n) is 0.626. The highest BCUT2D eigenvalue weighted by Crippen LogP contribution is 1.25. The molecule has 0 saturated carbocycles. The number of carbonyl (C=O) groups is 1. The van der Waals surface area contributed by atoms with Gasteiger partial charge in [0.05, 0.1) is 6.07 Å². The Morgan fingerprint density at radius 2 is 1.71 bits per heavy atom. The number of nitrogens with two attached hydrogens (primary N) is 2. The number of rotatable bonds is 0. The summed E-state index contributed by atoms with van der Waals surface area (Å²) in [6.45, 7) is 1.43. The van der Waals surface area contributed by atoms with Crippen molar-refractivity contribution in [2.75, 3.05) is 0 Å². The number of urea groups is 1. The summed E-state index contributed by atoms with van der Waals surface area (Å²) < 4.78 is 0. The van der Waals surface area contributed by atoms with Crippen molar-refractivity contribution >= 4 is 6.03 Å². The smallest absolute Gasteiger partial charge is 0.309 e. The molecule has 0 aliphatic heterocycles. The molecule has 0 radical (unpaired) electrons. The standard InChI is InChI=1S/C2H3N.CH4N2O/c1-2-3;2-1(3)4/h1H3;(H4,2,3,4). The van der Waals surface area contributed by atoms with Gasteiger partial charge in [0.25, 0.3) is 0 Å². The molecule has 0 unspecified atom stereocenters. The van der Waals surface area contributed by atoms with Gasteiger partial charge in [-0.2, -0.15) is 5.26 Å². The lowest BCUT2D eigenvalue weighted by Gasteiger charge is -1.62. The van der Waals surface area contributed by atoms with Gasteiger partial charge in [0.2, 0.25) is 0 Å². The summed E-state index contributed by atoms with van der Waals surface area (Å²) in [4.78, 5) is 9.00. The van der Waals surface area contributed by atoms with Gasteiger partial charge in [-0.1, -0.05) is 0 Å². The second-order valence-corrected chi connectivity index (χ2v) is 0.626. The van der Waals surface area contributed by atoms with Gasteiger partial charge < -0.3 is 11.5 Å². The number of primary amides is 2. The minimum Gasteiger partial charge on any atom is -0.352 e. The molecule has 7 heavy (non-hydrogen) atoms.